The molecule has 112 valence electrons. The van der Waals surface area contributed by atoms with Crippen LogP contribution in [-0.2, 0) is 16.4 Å². The highest BCUT2D eigenvalue weighted by molar-refractivity contribution is 7.89. The number of rotatable bonds is 7. The van der Waals surface area contributed by atoms with E-state index in [-0.39, 0.29) is 16.5 Å². The van der Waals surface area contributed by atoms with Gasteiger partial charge in [0.2, 0.25) is 10.0 Å². The van der Waals surface area contributed by atoms with Gasteiger partial charge in [-0.15, -0.1) is 0 Å². The Balaban J connectivity index is 3.28. The smallest absolute Gasteiger partial charge is 0.335 e. The molecule has 0 saturated carbocycles. The molecule has 2 N–H and O–H groups in total. The van der Waals surface area contributed by atoms with Crippen molar-refractivity contribution in [2.24, 2.45) is 0 Å². The zero-order chi connectivity index (χ0) is 15.3. The minimum absolute atomic E-state index is 0.0212. The first kappa shape index (κ1) is 16.7. The fourth-order valence-corrected chi connectivity index (χ4v) is 3.71. The molecule has 0 radical (unpaired) electrons. The Hall–Kier alpha value is -1.40. The maximum atomic E-state index is 12.4. The highest BCUT2D eigenvalue weighted by Crippen LogP contribution is 2.19. The number of carboxylic acid groups (broad SMARTS) is 1. The number of carbonyl (C=O) groups is 1. The molecule has 0 amide bonds. The van der Waals surface area contributed by atoms with Crippen LogP contribution in [-0.4, -0.2) is 25.5 Å². The molecule has 0 unspecified atom stereocenters. The Morgan fingerprint density at radius 3 is 2.30 bits per heavy atom. The van der Waals surface area contributed by atoms with Crippen LogP contribution in [0.4, 0.5) is 0 Å². The Morgan fingerprint density at radius 2 is 1.85 bits per heavy atom. The lowest BCUT2D eigenvalue weighted by Gasteiger charge is -2.17. The zero-order valence-electron chi connectivity index (χ0n) is 12.0. The van der Waals surface area contributed by atoms with Crippen LogP contribution in [0.2, 0.25) is 0 Å². The number of benzene rings is 1. The lowest BCUT2D eigenvalue weighted by atomic mass is 10.1. The van der Waals surface area contributed by atoms with Gasteiger partial charge in [-0.2, -0.15) is 0 Å². The van der Waals surface area contributed by atoms with Crippen LogP contribution in [0.5, 0.6) is 0 Å². The van der Waals surface area contributed by atoms with Crippen LogP contribution in [0.3, 0.4) is 0 Å². The Bertz CT molecular complexity index is 577. The molecule has 1 rings (SSSR count). The fourth-order valence-electron chi connectivity index (χ4n) is 1.97. The average molecular weight is 299 g/mol. The van der Waals surface area contributed by atoms with Crippen molar-refractivity contribution < 1.29 is 18.3 Å². The van der Waals surface area contributed by atoms with Crippen molar-refractivity contribution in [2.75, 3.05) is 0 Å². The maximum absolute atomic E-state index is 12.4. The van der Waals surface area contributed by atoms with Gasteiger partial charge in [0, 0.05) is 6.04 Å². The number of nitrogens with one attached hydrogen (secondary N) is 1. The summed E-state index contributed by atoms with van der Waals surface area (Å²) in [6, 6.07) is 4.08. The normalized spacial score (nSPS) is 11.8. The lowest BCUT2D eigenvalue weighted by Crippen LogP contribution is -2.34. The summed E-state index contributed by atoms with van der Waals surface area (Å²) in [7, 11) is -3.70. The van der Waals surface area contributed by atoms with Crippen LogP contribution in [0.15, 0.2) is 23.1 Å². The SMILES string of the molecule is CCc1ccc(C(=O)O)cc1S(=O)(=O)NC(CC)CC. The van der Waals surface area contributed by atoms with E-state index < -0.39 is 16.0 Å². The molecule has 0 aliphatic heterocycles. The highest BCUT2D eigenvalue weighted by atomic mass is 32.2. The van der Waals surface area contributed by atoms with E-state index >= 15 is 0 Å². The van der Waals surface area contributed by atoms with Crippen molar-refractivity contribution in [1.82, 2.24) is 4.72 Å². The third kappa shape index (κ3) is 3.80. The number of aromatic carboxylic acids is 1. The summed E-state index contributed by atoms with van der Waals surface area (Å²) in [6.07, 6.45) is 1.91. The first-order valence-corrected chi connectivity index (χ1v) is 8.22. The van der Waals surface area contributed by atoms with E-state index in [2.05, 4.69) is 4.72 Å². The number of aryl methyl sites for hydroxylation is 1. The minimum Gasteiger partial charge on any atom is -0.478 e. The quantitative estimate of drug-likeness (QED) is 0.810. The summed E-state index contributed by atoms with van der Waals surface area (Å²) >= 11 is 0. The fraction of sp³-hybridized carbons (Fsp3) is 0.500. The second kappa shape index (κ2) is 6.85. The number of carboxylic acids is 1. The molecule has 0 spiro atoms. The Kier molecular flexibility index (Phi) is 5.71. The van der Waals surface area contributed by atoms with E-state index in [0.717, 1.165) is 0 Å². The number of hydrogen-bond acceptors (Lipinski definition) is 3. The van der Waals surface area contributed by atoms with Crippen LogP contribution in [0, 0.1) is 0 Å². The van der Waals surface area contributed by atoms with Crippen molar-refractivity contribution >= 4 is 16.0 Å². The molecule has 0 saturated heterocycles. The van der Waals surface area contributed by atoms with Crippen LogP contribution in [0.25, 0.3) is 0 Å². The number of hydrogen-bond donors (Lipinski definition) is 2. The van der Waals surface area contributed by atoms with Crippen LogP contribution < -0.4 is 4.72 Å². The van der Waals surface area contributed by atoms with Crippen molar-refractivity contribution in [3.63, 3.8) is 0 Å². The first-order chi connectivity index (χ1) is 9.35. The summed E-state index contributed by atoms with van der Waals surface area (Å²) in [4.78, 5) is 11.1. The molecule has 0 aliphatic carbocycles. The third-order valence-electron chi connectivity index (χ3n) is 3.29. The van der Waals surface area contributed by atoms with Gasteiger partial charge in [0.1, 0.15) is 0 Å². The van der Waals surface area contributed by atoms with Gasteiger partial charge in [0.25, 0.3) is 0 Å². The molecule has 0 heterocycles. The van der Waals surface area contributed by atoms with E-state index in [9.17, 15) is 13.2 Å². The molecule has 0 aromatic heterocycles. The molecule has 1 aromatic rings. The van der Waals surface area contributed by atoms with Gasteiger partial charge in [-0.3, -0.25) is 0 Å². The van der Waals surface area contributed by atoms with Gasteiger partial charge in [0.15, 0.2) is 0 Å². The minimum atomic E-state index is -3.70. The Labute approximate surface area is 120 Å². The second-order valence-corrected chi connectivity index (χ2v) is 6.30. The Morgan fingerprint density at radius 1 is 1.25 bits per heavy atom. The van der Waals surface area contributed by atoms with Gasteiger partial charge in [-0.05, 0) is 37.0 Å². The van der Waals surface area contributed by atoms with Crippen molar-refractivity contribution in [2.45, 2.75) is 51.0 Å². The molecular formula is C14H21NO4S. The largest absolute Gasteiger partial charge is 0.478 e. The average Bonchev–Trinajstić information content (AvgIpc) is 2.43. The molecular weight excluding hydrogens is 278 g/mol. The summed E-state index contributed by atoms with van der Waals surface area (Å²) in [5.41, 5.74) is 0.598. The number of sulfonamides is 1. The molecule has 0 fully saturated rings. The molecule has 0 bridgehead atoms. The molecule has 20 heavy (non-hydrogen) atoms. The highest BCUT2D eigenvalue weighted by Gasteiger charge is 2.22. The third-order valence-corrected chi connectivity index (χ3v) is 4.89. The molecule has 0 aliphatic rings. The summed E-state index contributed by atoms with van der Waals surface area (Å²) in [5, 5.41) is 9.00. The summed E-state index contributed by atoms with van der Waals surface area (Å²) in [5.74, 6) is -1.13. The summed E-state index contributed by atoms with van der Waals surface area (Å²) < 4.78 is 27.5. The van der Waals surface area contributed by atoms with Crippen molar-refractivity contribution in [3.05, 3.63) is 29.3 Å². The topological polar surface area (TPSA) is 83.5 Å². The molecule has 5 nitrogen and oxygen atoms in total. The zero-order valence-corrected chi connectivity index (χ0v) is 12.8. The van der Waals surface area contributed by atoms with Gasteiger partial charge >= 0.3 is 5.97 Å². The van der Waals surface area contributed by atoms with Gasteiger partial charge in [-0.25, -0.2) is 17.9 Å². The predicted molar refractivity (Wildman–Crippen MR) is 77.5 cm³/mol. The van der Waals surface area contributed by atoms with E-state index in [1.807, 2.05) is 20.8 Å². The molecule has 0 atom stereocenters. The first-order valence-electron chi connectivity index (χ1n) is 6.74. The van der Waals surface area contributed by atoms with Gasteiger partial charge < -0.3 is 5.11 Å². The molecule has 6 heteroatoms. The van der Waals surface area contributed by atoms with E-state index in [0.29, 0.717) is 24.8 Å². The lowest BCUT2D eigenvalue weighted by molar-refractivity contribution is 0.0696. The van der Waals surface area contributed by atoms with Gasteiger partial charge in [-0.1, -0.05) is 26.8 Å². The van der Waals surface area contributed by atoms with Crippen LogP contribution in [0.1, 0.15) is 49.5 Å². The standard InChI is InChI=1S/C14H21NO4S/c1-4-10-7-8-11(14(16)17)9-13(10)20(18,19)15-12(5-2)6-3/h7-9,12,15H,4-6H2,1-3H3,(H,16,17). The maximum Gasteiger partial charge on any atom is 0.335 e. The van der Waals surface area contributed by atoms with Crippen LogP contribution >= 0.6 is 0 Å². The molecule has 1 aromatic carbocycles. The van der Waals surface area contributed by atoms with E-state index in [1.54, 1.807) is 6.07 Å². The predicted octanol–water partition coefficient (Wildman–Crippen LogP) is 2.41. The van der Waals surface area contributed by atoms with Crippen molar-refractivity contribution in [3.8, 4) is 0 Å². The monoisotopic (exact) mass is 299 g/mol. The van der Waals surface area contributed by atoms with Gasteiger partial charge in [0.05, 0.1) is 10.5 Å². The second-order valence-electron chi connectivity index (χ2n) is 4.62. The summed E-state index contributed by atoms with van der Waals surface area (Å²) in [6.45, 7) is 5.65. The van der Waals surface area contributed by atoms with E-state index in [1.165, 1.54) is 12.1 Å². The van der Waals surface area contributed by atoms with Crippen molar-refractivity contribution in [1.29, 1.82) is 0 Å². The van der Waals surface area contributed by atoms with E-state index in [4.69, 9.17) is 5.11 Å².